The minimum atomic E-state index is -3.76. The van der Waals surface area contributed by atoms with E-state index in [9.17, 15) is 21.6 Å². The zero-order chi connectivity index (χ0) is 21.2. The maximum absolute atomic E-state index is 12.7. The van der Waals surface area contributed by atoms with E-state index < -0.39 is 30.8 Å². The molecule has 2 aromatic rings. The third kappa shape index (κ3) is 4.97. The first-order chi connectivity index (χ1) is 13.6. The fourth-order valence-electron chi connectivity index (χ4n) is 3.12. The van der Waals surface area contributed by atoms with Crippen molar-refractivity contribution in [3.8, 4) is 5.75 Å². The molecule has 1 N–H and O–H groups in total. The van der Waals surface area contributed by atoms with Crippen molar-refractivity contribution in [2.45, 2.75) is 36.5 Å². The van der Waals surface area contributed by atoms with Gasteiger partial charge in [-0.3, -0.25) is 4.79 Å². The fourth-order valence-corrected chi connectivity index (χ4v) is 7.47. The maximum Gasteiger partial charge on any atom is 0.255 e. The van der Waals surface area contributed by atoms with Crippen molar-refractivity contribution < 1.29 is 26.4 Å². The molecular weight excluding hydrogens is 414 g/mol. The van der Waals surface area contributed by atoms with E-state index in [1.165, 1.54) is 24.3 Å². The van der Waals surface area contributed by atoms with Gasteiger partial charge in [0.1, 0.15) is 5.75 Å². The summed E-state index contributed by atoms with van der Waals surface area (Å²) in [5.74, 6) is -0.339. The lowest BCUT2D eigenvalue weighted by Gasteiger charge is -2.15. The maximum atomic E-state index is 12.7. The second-order valence-electron chi connectivity index (χ2n) is 7.21. The van der Waals surface area contributed by atoms with Crippen LogP contribution in [0.25, 0.3) is 0 Å². The van der Waals surface area contributed by atoms with E-state index in [0.717, 1.165) is 0 Å². The van der Waals surface area contributed by atoms with Crippen molar-refractivity contribution >= 4 is 31.3 Å². The Hall–Kier alpha value is -2.39. The number of para-hydroxylation sites is 2. The number of nitrogens with one attached hydrogen (secondary N) is 1. The summed E-state index contributed by atoms with van der Waals surface area (Å²) in [7, 11) is -7.07. The molecule has 0 unspecified atom stereocenters. The number of anilines is 1. The molecular formula is C20H23NO6S2. The average Bonchev–Trinajstić information content (AvgIpc) is 3.03. The van der Waals surface area contributed by atoms with Gasteiger partial charge in [-0.15, -0.1) is 0 Å². The largest absolute Gasteiger partial charge is 0.489 e. The molecule has 9 heteroatoms. The number of carbonyl (C=O) groups is 1. The van der Waals surface area contributed by atoms with Crippen molar-refractivity contribution in [3.05, 3.63) is 54.1 Å². The number of rotatable bonds is 6. The van der Waals surface area contributed by atoms with Crippen molar-refractivity contribution in [2.24, 2.45) is 0 Å². The quantitative estimate of drug-likeness (QED) is 0.745. The number of amides is 1. The highest BCUT2D eigenvalue weighted by Gasteiger charge is 2.38. The lowest BCUT2D eigenvalue weighted by molar-refractivity contribution is 0.102. The molecule has 29 heavy (non-hydrogen) atoms. The Labute approximate surface area is 170 Å². The topological polar surface area (TPSA) is 107 Å². The summed E-state index contributed by atoms with van der Waals surface area (Å²) >= 11 is 0. The Balaban J connectivity index is 1.76. The summed E-state index contributed by atoms with van der Waals surface area (Å²) in [6.45, 7) is 3.76. The van der Waals surface area contributed by atoms with Gasteiger partial charge in [-0.2, -0.15) is 0 Å². The van der Waals surface area contributed by atoms with Gasteiger partial charge >= 0.3 is 0 Å². The molecule has 2 aromatic carbocycles. The minimum Gasteiger partial charge on any atom is -0.489 e. The number of carbonyl (C=O) groups excluding carboxylic acids is 1. The molecule has 0 aliphatic carbocycles. The number of benzene rings is 2. The van der Waals surface area contributed by atoms with Crippen LogP contribution in [0.1, 0.15) is 30.6 Å². The summed E-state index contributed by atoms with van der Waals surface area (Å²) in [4.78, 5) is 12.6. The summed E-state index contributed by atoms with van der Waals surface area (Å²) in [5, 5.41) is 1.83. The summed E-state index contributed by atoms with van der Waals surface area (Å²) in [5.41, 5.74) is 0.793. The highest BCUT2D eigenvalue weighted by molar-refractivity contribution is 7.96. The number of hydrogen-bond donors (Lipinski definition) is 1. The minimum absolute atomic E-state index is 0.0136. The van der Waals surface area contributed by atoms with Gasteiger partial charge in [0.2, 0.25) is 0 Å². The van der Waals surface area contributed by atoms with Gasteiger partial charge in [-0.25, -0.2) is 16.8 Å². The highest BCUT2D eigenvalue weighted by Crippen LogP contribution is 2.27. The van der Waals surface area contributed by atoms with Crippen LogP contribution in [0.2, 0.25) is 0 Å². The molecule has 1 atom stereocenters. The van der Waals surface area contributed by atoms with Gasteiger partial charge < -0.3 is 10.1 Å². The number of ether oxygens (including phenoxy) is 1. The van der Waals surface area contributed by atoms with Crippen molar-refractivity contribution in [1.29, 1.82) is 0 Å². The van der Waals surface area contributed by atoms with E-state index in [1.807, 2.05) is 13.8 Å². The molecule has 1 amide bonds. The van der Waals surface area contributed by atoms with Crippen LogP contribution >= 0.6 is 0 Å². The smallest absolute Gasteiger partial charge is 0.255 e. The third-order valence-corrected chi connectivity index (χ3v) is 8.76. The lowest BCUT2D eigenvalue weighted by Crippen LogP contribution is -2.23. The molecule has 0 bridgehead atoms. The van der Waals surface area contributed by atoms with Crippen LogP contribution in [-0.2, 0) is 19.7 Å². The zero-order valence-electron chi connectivity index (χ0n) is 16.2. The molecule has 0 aromatic heterocycles. The van der Waals surface area contributed by atoms with E-state index in [4.69, 9.17) is 4.74 Å². The second kappa shape index (κ2) is 8.16. The van der Waals surface area contributed by atoms with Gasteiger partial charge in [0.15, 0.2) is 19.7 Å². The first-order valence-electron chi connectivity index (χ1n) is 9.20. The molecule has 7 nitrogen and oxygen atoms in total. The molecule has 0 radical (unpaired) electrons. The molecule has 0 spiro atoms. The Bertz CT molecular complexity index is 1110. The standard InChI is InChI=1S/C20H23NO6S2/c1-14(2)27-19-6-4-3-5-18(19)21-20(22)15-7-9-16(10-8-15)29(25,26)17-11-12-28(23,24)13-17/h3-10,14,17H,11-13H2,1-2H3,(H,21,22)/t17-/m1/s1. The first-order valence-corrected chi connectivity index (χ1v) is 12.6. The predicted octanol–water partition coefficient (Wildman–Crippen LogP) is 2.69. The fraction of sp³-hybridized carbons (Fsp3) is 0.350. The SMILES string of the molecule is CC(C)Oc1ccccc1NC(=O)c1ccc(S(=O)(=O)[C@@H]2CCS(=O)(=O)C2)cc1. The van der Waals surface area contributed by atoms with Gasteiger partial charge in [0.25, 0.3) is 5.91 Å². The second-order valence-corrected chi connectivity index (χ2v) is 11.7. The van der Waals surface area contributed by atoms with Crippen molar-refractivity contribution in [1.82, 2.24) is 0 Å². The molecule has 1 aliphatic rings. The van der Waals surface area contributed by atoms with E-state index >= 15 is 0 Å². The average molecular weight is 438 g/mol. The molecule has 156 valence electrons. The monoisotopic (exact) mass is 437 g/mol. The van der Waals surface area contributed by atoms with Gasteiger partial charge in [0, 0.05) is 5.56 Å². The van der Waals surface area contributed by atoms with E-state index in [2.05, 4.69) is 5.32 Å². The van der Waals surface area contributed by atoms with Crippen molar-refractivity contribution in [2.75, 3.05) is 16.8 Å². The Morgan fingerprint density at radius 1 is 1.10 bits per heavy atom. The summed E-state index contributed by atoms with van der Waals surface area (Å²) < 4.78 is 54.2. The Morgan fingerprint density at radius 3 is 2.34 bits per heavy atom. The van der Waals surface area contributed by atoms with Crippen LogP contribution < -0.4 is 10.1 Å². The van der Waals surface area contributed by atoms with Crippen LogP contribution in [-0.4, -0.2) is 45.6 Å². The van der Waals surface area contributed by atoms with Crippen LogP contribution in [0.5, 0.6) is 5.75 Å². The highest BCUT2D eigenvalue weighted by atomic mass is 32.2. The Kier molecular flexibility index (Phi) is 6.00. The molecule has 3 rings (SSSR count). The van der Waals surface area contributed by atoms with Crippen molar-refractivity contribution in [3.63, 3.8) is 0 Å². The molecule has 0 saturated carbocycles. The van der Waals surface area contributed by atoms with Gasteiger partial charge in [-0.1, -0.05) is 12.1 Å². The zero-order valence-corrected chi connectivity index (χ0v) is 17.8. The first kappa shape index (κ1) is 21.3. The third-order valence-electron chi connectivity index (χ3n) is 4.57. The summed E-state index contributed by atoms with van der Waals surface area (Å²) in [6.07, 6.45) is 0.0384. The molecule has 1 saturated heterocycles. The molecule has 1 fully saturated rings. The van der Waals surface area contributed by atoms with E-state index in [1.54, 1.807) is 24.3 Å². The summed E-state index contributed by atoms with van der Waals surface area (Å²) in [6, 6.07) is 12.5. The normalized spacial score (nSPS) is 18.5. The van der Waals surface area contributed by atoms with Crippen LogP contribution in [0.15, 0.2) is 53.4 Å². The Morgan fingerprint density at radius 2 is 1.76 bits per heavy atom. The molecule has 1 heterocycles. The van der Waals surface area contributed by atoms with Crippen LogP contribution in [0, 0.1) is 0 Å². The van der Waals surface area contributed by atoms with E-state index in [-0.39, 0.29) is 34.5 Å². The predicted molar refractivity (Wildman–Crippen MR) is 111 cm³/mol. The lowest BCUT2D eigenvalue weighted by atomic mass is 10.2. The van der Waals surface area contributed by atoms with E-state index in [0.29, 0.717) is 11.4 Å². The van der Waals surface area contributed by atoms with Gasteiger partial charge in [-0.05, 0) is 56.7 Å². The number of sulfone groups is 2. The van der Waals surface area contributed by atoms with Gasteiger partial charge in [0.05, 0.1) is 33.4 Å². The number of hydrogen-bond acceptors (Lipinski definition) is 6. The van der Waals surface area contributed by atoms with Crippen LogP contribution in [0.4, 0.5) is 5.69 Å². The van der Waals surface area contributed by atoms with Crippen LogP contribution in [0.3, 0.4) is 0 Å². The molecule has 1 aliphatic heterocycles.